The van der Waals surface area contributed by atoms with Crippen LogP contribution in [-0.2, 0) is 11.3 Å². The van der Waals surface area contributed by atoms with E-state index in [9.17, 15) is 4.79 Å². The molecule has 1 aliphatic rings. The highest BCUT2D eigenvalue weighted by Crippen LogP contribution is 2.25. The molecule has 0 bridgehead atoms. The quantitative estimate of drug-likeness (QED) is 0.819. The van der Waals surface area contributed by atoms with Crippen molar-refractivity contribution in [2.24, 2.45) is 0 Å². The number of likely N-dealkylation sites (N-methyl/N-ethyl adjacent to an activating group) is 1. The third-order valence-electron chi connectivity index (χ3n) is 4.66. The van der Waals surface area contributed by atoms with Crippen molar-refractivity contribution in [3.05, 3.63) is 34.9 Å². The van der Waals surface area contributed by atoms with Crippen LogP contribution in [0.2, 0.25) is 5.02 Å². The lowest BCUT2D eigenvalue weighted by Gasteiger charge is -2.29. The van der Waals surface area contributed by atoms with Gasteiger partial charge in [0, 0.05) is 43.3 Å². The summed E-state index contributed by atoms with van der Waals surface area (Å²) in [7, 11) is 0. The van der Waals surface area contributed by atoms with Crippen molar-refractivity contribution >= 4 is 17.5 Å². The molecule has 1 aromatic rings. The Bertz CT molecular complexity index is 545. The van der Waals surface area contributed by atoms with Crippen molar-refractivity contribution in [3.63, 3.8) is 0 Å². The van der Waals surface area contributed by atoms with Crippen molar-refractivity contribution in [1.29, 1.82) is 0 Å². The number of carbonyl (C=O) groups is 1. The number of hydrogen-bond donors (Lipinski definition) is 1. The van der Waals surface area contributed by atoms with E-state index in [1.165, 1.54) is 0 Å². The van der Waals surface area contributed by atoms with Crippen molar-refractivity contribution < 1.29 is 4.79 Å². The van der Waals surface area contributed by atoms with Gasteiger partial charge in [0.05, 0.1) is 6.04 Å². The normalized spacial score (nSPS) is 21.4. The van der Waals surface area contributed by atoms with E-state index in [0.29, 0.717) is 18.6 Å². The monoisotopic (exact) mass is 351 g/mol. The molecule has 1 fully saturated rings. The highest BCUT2D eigenvalue weighted by atomic mass is 35.5. The molecule has 2 atom stereocenters. The lowest BCUT2D eigenvalue weighted by Crippen LogP contribution is -2.45. The number of amides is 1. The fourth-order valence-electron chi connectivity index (χ4n) is 3.52. The zero-order chi connectivity index (χ0) is 17.7. The van der Waals surface area contributed by atoms with Gasteiger partial charge in [-0.05, 0) is 31.9 Å². The second-order valence-electron chi connectivity index (χ2n) is 6.80. The van der Waals surface area contributed by atoms with Gasteiger partial charge < -0.3 is 10.2 Å². The molecule has 1 amide bonds. The maximum atomic E-state index is 12.9. The summed E-state index contributed by atoms with van der Waals surface area (Å²) in [6.07, 6.45) is 0.859. The molecule has 1 aliphatic heterocycles. The molecule has 0 unspecified atom stereocenters. The Morgan fingerprint density at radius 3 is 2.58 bits per heavy atom. The van der Waals surface area contributed by atoms with E-state index in [0.717, 1.165) is 36.6 Å². The van der Waals surface area contributed by atoms with E-state index < -0.39 is 0 Å². The topological polar surface area (TPSA) is 35.6 Å². The molecule has 1 N–H and O–H groups in total. The van der Waals surface area contributed by atoms with Gasteiger partial charge in [-0.3, -0.25) is 9.69 Å². The predicted molar refractivity (Wildman–Crippen MR) is 100 cm³/mol. The van der Waals surface area contributed by atoms with Crippen LogP contribution in [0.25, 0.3) is 0 Å². The SMILES string of the molecule is CCN(CC)C(=O)[C@@H]1C[C@H](NC(C)C)CN1Cc1ccccc1Cl. The van der Waals surface area contributed by atoms with Crippen LogP contribution in [0.5, 0.6) is 0 Å². The zero-order valence-corrected chi connectivity index (χ0v) is 16.0. The average Bonchev–Trinajstić information content (AvgIpc) is 2.92. The molecule has 5 heteroatoms. The lowest BCUT2D eigenvalue weighted by atomic mass is 10.1. The number of carbonyl (C=O) groups excluding carboxylic acids is 1. The minimum absolute atomic E-state index is 0.0718. The third-order valence-corrected chi connectivity index (χ3v) is 5.03. The standard InChI is InChI=1S/C19H30ClN3O/c1-5-22(6-2)19(24)18-11-16(21-14(3)4)13-23(18)12-15-9-7-8-10-17(15)20/h7-10,14,16,18,21H,5-6,11-13H2,1-4H3/t16-,18-/m0/s1. The maximum Gasteiger partial charge on any atom is 0.239 e. The minimum Gasteiger partial charge on any atom is -0.342 e. The van der Waals surface area contributed by atoms with Crippen LogP contribution in [0.1, 0.15) is 39.7 Å². The number of likely N-dealkylation sites (tertiary alicyclic amines) is 1. The van der Waals surface area contributed by atoms with Gasteiger partial charge in [0.25, 0.3) is 0 Å². The van der Waals surface area contributed by atoms with Gasteiger partial charge in [-0.25, -0.2) is 0 Å². The molecule has 0 aromatic heterocycles. The van der Waals surface area contributed by atoms with Crippen molar-refractivity contribution in [3.8, 4) is 0 Å². The number of nitrogens with one attached hydrogen (secondary N) is 1. The third kappa shape index (κ3) is 4.71. The van der Waals surface area contributed by atoms with Crippen LogP contribution in [0, 0.1) is 0 Å². The Hall–Kier alpha value is -1.10. The highest BCUT2D eigenvalue weighted by molar-refractivity contribution is 6.31. The second kappa shape index (κ2) is 8.84. The highest BCUT2D eigenvalue weighted by Gasteiger charge is 2.38. The predicted octanol–water partition coefficient (Wildman–Crippen LogP) is 3.15. The Labute approximate surface area is 151 Å². The maximum absolute atomic E-state index is 12.9. The fraction of sp³-hybridized carbons (Fsp3) is 0.632. The Kier molecular flexibility index (Phi) is 7.08. The Morgan fingerprint density at radius 1 is 1.33 bits per heavy atom. The molecular formula is C19H30ClN3O. The van der Waals surface area contributed by atoms with E-state index >= 15 is 0 Å². The first-order valence-electron chi connectivity index (χ1n) is 8.98. The summed E-state index contributed by atoms with van der Waals surface area (Å²) in [4.78, 5) is 17.2. The molecule has 2 rings (SSSR count). The van der Waals surface area contributed by atoms with E-state index in [2.05, 4.69) is 24.1 Å². The van der Waals surface area contributed by atoms with Crippen LogP contribution in [0.4, 0.5) is 0 Å². The first-order chi connectivity index (χ1) is 11.5. The van der Waals surface area contributed by atoms with Crippen LogP contribution in [0.3, 0.4) is 0 Å². The molecule has 1 saturated heterocycles. The molecule has 1 aromatic carbocycles. The molecule has 0 aliphatic carbocycles. The first kappa shape index (κ1) is 19.2. The van der Waals surface area contributed by atoms with Gasteiger partial charge in [0.15, 0.2) is 0 Å². The van der Waals surface area contributed by atoms with E-state index in [1.54, 1.807) is 0 Å². The van der Waals surface area contributed by atoms with Crippen LogP contribution in [-0.4, -0.2) is 53.5 Å². The van der Waals surface area contributed by atoms with E-state index in [4.69, 9.17) is 11.6 Å². The van der Waals surface area contributed by atoms with Crippen molar-refractivity contribution in [2.75, 3.05) is 19.6 Å². The van der Waals surface area contributed by atoms with E-state index in [-0.39, 0.29) is 11.9 Å². The molecule has 24 heavy (non-hydrogen) atoms. The van der Waals surface area contributed by atoms with E-state index in [1.807, 2.05) is 43.0 Å². The number of hydrogen-bond acceptors (Lipinski definition) is 3. The number of nitrogens with zero attached hydrogens (tertiary/aromatic N) is 2. The van der Waals surface area contributed by atoms with Gasteiger partial charge in [0.2, 0.25) is 5.91 Å². The lowest BCUT2D eigenvalue weighted by molar-refractivity contribution is -0.135. The van der Waals surface area contributed by atoms with Crippen LogP contribution in [0.15, 0.2) is 24.3 Å². The van der Waals surface area contributed by atoms with Gasteiger partial charge in [0.1, 0.15) is 0 Å². The minimum atomic E-state index is -0.0718. The molecule has 0 saturated carbocycles. The average molecular weight is 352 g/mol. The smallest absolute Gasteiger partial charge is 0.239 e. The number of benzene rings is 1. The molecule has 0 radical (unpaired) electrons. The zero-order valence-electron chi connectivity index (χ0n) is 15.3. The molecular weight excluding hydrogens is 322 g/mol. The fourth-order valence-corrected chi connectivity index (χ4v) is 3.71. The number of halogens is 1. The first-order valence-corrected chi connectivity index (χ1v) is 9.36. The molecule has 0 spiro atoms. The summed E-state index contributed by atoms with van der Waals surface area (Å²) >= 11 is 6.33. The van der Waals surface area contributed by atoms with Gasteiger partial charge in [-0.2, -0.15) is 0 Å². The van der Waals surface area contributed by atoms with Crippen LogP contribution < -0.4 is 5.32 Å². The van der Waals surface area contributed by atoms with Crippen LogP contribution >= 0.6 is 11.6 Å². The van der Waals surface area contributed by atoms with Crippen molar-refractivity contribution in [1.82, 2.24) is 15.1 Å². The molecule has 1 heterocycles. The Balaban J connectivity index is 2.17. The van der Waals surface area contributed by atoms with Gasteiger partial charge >= 0.3 is 0 Å². The summed E-state index contributed by atoms with van der Waals surface area (Å²) in [6.45, 7) is 11.5. The summed E-state index contributed by atoms with van der Waals surface area (Å²) in [6, 6.07) is 8.59. The summed E-state index contributed by atoms with van der Waals surface area (Å²) in [5.41, 5.74) is 1.08. The largest absolute Gasteiger partial charge is 0.342 e. The molecule has 4 nitrogen and oxygen atoms in total. The molecule has 134 valence electrons. The summed E-state index contributed by atoms with van der Waals surface area (Å²) < 4.78 is 0. The summed E-state index contributed by atoms with van der Waals surface area (Å²) in [5.74, 6) is 0.236. The van der Waals surface area contributed by atoms with Gasteiger partial charge in [-0.1, -0.05) is 43.6 Å². The van der Waals surface area contributed by atoms with Crippen molar-refractivity contribution in [2.45, 2.75) is 58.8 Å². The summed E-state index contributed by atoms with van der Waals surface area (Å²) in [5, 5.41) is 4.36. The second-order valence-corrected chi connectivity index (χ2v) is 7.21. The van der Waals surface area contributed by atoms with Gasteiger partial charge in [-0.15, -0.1) is 0 Å². The number of rotatable bonds is 7. The Morgan fingerprint density at radius 2 is 2.00 bits per heavy atom.